The van der Waals surface area contributed by atoms with Gasteiger partial charge in [0.15, 0.2) is 0 Å². The number of rotatable bonds is 8. The summed E-state index contributed by atoms with van der Waals surface area (Å²) in [7, 11) is 2.27. The normalized spacial score (nSPS) is 18.9. The van der Waals surface area contributed by atoms with E-state index in [1.165, 1.54) is 45.1 Å². The molecule has 1 fully saturated rings. The highest BCUT2D eigenvalue weighted by Crippen LogP contribution is 2.34. The Morgan fingerprint density at radius 1 is 1.21 bits per heavy atom. The van der Waals surface area contributed by atoms with Crippen molar-refractivity contribution in [1.82, 2.24) is 4.90 Å². The van der Waals surface area contributed by atoms with E-state index in [1.807, 2.05) is 0 Å². The summed E-state index contributed by atoms with van der Waals surface area (Å²) in [6.45, 7) is 4.49. The van der Waals surface area contributed by atoms with E-state index in [2.05, 4.69) is 18.9 Å². The van der Waals surface area contributed by atoms with Crippen LogP contribution in [0.15, 0.2) is 0 Å². The molecule has 2 nitrogen and oxygen atoms in total. The van der Waals surface area contributed by atoms with Crippen molar-refractivity contribution >= 4 is 0 Å². The van der Waals surface area contributed by atoms with Gasteiger partial charge < -0.3 is 10.6 Å². The van der Waals surface area contributed by atoms with Gasteiger partial charge in [0.25, 0.3) is 0 Å². The zero-order valence-corrected chi connectivity index (χ0v) is 9.84. The lowest BCUT2D eigenvalue weighted by atomic mass is 10.1. The fourth-order valence-corrected chi connectivity index (χ4v) is 2.00. The van der Waals surface area contributed by atoms with Gasteiger partial charge in [-0.3, -0.25) is 0 Å². The van der Waals surface area contributed by atoms with Gasteiger partial charge in [-0.2, -0.15) is 0 Å². The Morgan fingerprint density at radius 3 is 2.43 bits per heavy atom. The van der Waals surface area contributed by atoms with E-state index in [1.54, 1.807) is 0 Å². The Morgan fingerprint density at radius 2 is 1.86 bits per heavy atom. The summed E-state index contributed by atoms with van der Waals surface area (Å²) in [5, 5.41) is 0. The molecule has 84 valence electrons. The van der Waals surface area contributed by atoms with Gasteiger partial charge in [0, 0.05) is 6.04 Å². The lowest BCUT2D eigenvalue weighted by molar-refractivity contribution is 0.229. The predicted molar refractivity (Wildman–Crippen MR) is 62.3 cm³/mol. The first kappa shape index (κ1) is 12.0. The van der Waals surface area contributed by atoms with Gasteiger partial charge in [-0.15, -0.1) is 0 Å². The summed E-state index contributed by atoms with van der Waals surface area (Å²) in [6, 6.07) is 0.810. The molecule has 14 heavy (non-hydrogen) atoms. The summed E-state index contributed by atoms with van der Waals surface area (Å²) in [5.74, 6) is 1.00. The third kappa shape index (κ3) is 4.43. The average Bonchev–Trinajstić information content (AvgIpc) is 2.99. The Labute approximate surface area is 88.8 Å². The summed E-state index contributed by atoms with van der Waals surface area (Å²) in [4.78, 5) is 2.53. The molecule has 1 atom stereocenters. The molecule has 0 bridgehead atoms. The van der Waals surface area contributed by atoms with E-state index in [-0.39, 0.29) is 0 Å². The molecule has 1 saturated carbocycles. The minimum absolute atomic E-state index is 0.810. The van der Waals surface area contributed by atoms with Crippen LogP contribution in [0.5, 0.6) is 0 Å². The van der Waals surface area contributed by atoms with Crippen LogP contribution in [0.2, 0.25) is 0 Å². The first-order valence-electron chi connectivity index (χ1n) is 6.16. The highest BCUT2D eigenvalue weighted by atomic mass is 15.1. The standard InChI is InChI=1S/C12H26N2/c1-11(12-7-8-12)14(2)10-6-4-3-5-9-13/h11-12H,3-10,13H2,1-2H3. The van der Waals surface area contributed by atoms with Crippen molar-refractivity contribution in [3.05, 3.63) is 0 Å². The van der Waals surface area contributed by atoms with Crippen LogP contribution in [0.3, 0.4) is 0 Å². The molecule has 0 amide bonds. The lowest BCUT2D eigenvalue weighted by Crippen LogP contribution is -2.31. The van der Waals surface area contributed by atoms with Crippen LogP contribution in [0, 0.1) is 5.92 Å². The van der Waals surface area contributed by atoms with E-state index in [0.717, 1.165) is 18.5 Å². The lowest BCUT2D eigenvalue weighted by Gasteiger charge is -2.24. The molecule has 2 heteroatoms. The highest BCUT2D eigenvalue weighted by molar-refractivity contribution is 4.83. The van der Waals surface area contributed by atoms with Gasteiger partial charge >= 0.3 is 0 Å². The Kier molecular flexibility index (Phi) is 5.49. The molecule has 2 N–H and O–H groups in total. The predicted octanol–water partition coefficient (Wildman–Crippen LogP) is 2.24. The molecule has 1 aliphatic rings. The fourth-order valence-electron chi connectivity index (χ4n) is 2.00. The molecule has 1 rings (SSSR count). The molecular formula is C12H26N2. The van der Waals surface area contributed by atoms with Crippen molar-refractivity contribution in [3.63, 3.8) is 0 Å². The number of nitrogens with two attached hydrogens (primary N) is 1. The minimum atomic E-state index is 0.810. The van der Waals surface area contributed by atoms with E-state index < -0.39 is 0 Å². The summed E-state index contributed by atoms with van der Waals surface area (Å²) >= 11 is 0. The third-order valence-electron chi connectivity index (χ3n) is 3.46. The SMILES string of the molecule is CC(C1CC1)N(C)CCCCCCN. The Balaban J connectivity index is 1.94. The van der Waals surface area contributed by atoms with Crippen molar-refractivity contribution in [3.8, 4) is 0 Å². The van der Waals surface area contributed by atoms with Gasteiger partial charge in [-0.05, 0) is 58.7 Å². The van der Waals surface area contributed by atoms with Crippen LogP contribution in [-0.2, 0) is 0 Å². The first-order valence-corrected chi connectivity index (χ1v) is 6.16. The van der Waals surface area contributed by atoms with E-state index >= 15 is 0 Å². The van der Waals surface area contributed by atoms with Crippen LogP contribution in [-0.4, -0.2) is 31.1 Å². The molecule has 0 heterocycles. The second-order valence-electron chi connectivity index (χ2n) is 4.76. The van der Waals surface area contributed by atoms with Crippen molar-refractivity contribution in [1.29, 1.82) is 0 Å². The maximum atomic E-state index is 5.46. The smallest absolute Gasteiger partial charge is 0.00921 e. The van der Waals surface area contributed by atoms with Crippen LogP contribution >= 0.6 is 0 Å². The van der Waals surface area contributed by atoms with Crippen LogP contribution in [0.1, 0.15) is 45.4 Å². The number of nitrogens with zero attached hydrogens (tertiary/aromatic N) is 1. The fraction of sp³-hybridized carbons (Fsp3) is 1.00. The Bertz CT molecular complexity index is 143. The Hall–Kier alpha value is -0.0800. The van der Waals surface area contributed by atoms with E-state index in [9.17, 15) is 0 Å². The number of unbranched alkanes of at least 4 members (excludes halogenated alkanes) is 3. The minimum Gasteiger partial charge on any atom is -0.330 e. The van der Waals surface area contributed by atoms with Gasteiger partial charge in [0.1, 0.15) is 0 Å². The molecule has 0 radical (unpaired) electrons. The van der Waals surface area contributed by atoms with Gasteiger partial charge in [-0.1, -0.05) is 12.8 Å². The van der Waals surface area contributed by atoms with Crippen molar-refractivity contribution < 1.29 is 0 Å². The van der Waals surface area contributed by atoms with Crippen LogP contribution in [0.25, 0.3) is 0 Å². The van der Waals surface area contributed by atoms with Crippen LogP contribution in [0.4, 0.5) is 0 Å². The molecule has 0 spiro atoms. The van der Waals surface area contributed by atoms with Crippen molar-refractivity contribution in [2.24, 2.45) is 11.7 Å². The van der Waals surface area contributed by atoms with E-state index in [4.69, 9.17) is 5.73 Å². The van der Waals surface area contributed by atoms with Gasteiger partial charge in [0.2, 0.25) is 0 Å². The average molecular weight is 198 g/mol. The third-order valence-corrected chi connectivity index (χ3v) is 3.46. The maximum Gasteiger partial charge on any atom is 0.00921 e. The summed E-state index contributed by atoms with van der Waals surface area (Å²) < 4.78 is 0. The number of hydrogen-bond acceptors (Lipinski definition) is 2. The first-order chi connectivity index (χ1) is 6.75. The summed E-state index contributed by atoms with van der Waals surface area (Å²) in [5.41, 5.74) is 5.46. The summed E-state index contributed by atoms with van der Waals surface area (Å²) in [6.07, 6.45) is 8.11. The zero-order chi connectivity index (χ0) is 10.4. The molecule has 0 aromatic rings. The topological polar surface area (TPSA) is 29.3 Å². The molecule has 1 unspecified atom stereocenters. The highest BCUT2D eigenvalue weighted by Gasteiger charge is 2.29. The van der Waals surface area contributed by atoms with Crippen molar-refractivity contribution in [2.75, 3.05) is 20.1 Å². The molecule has 0 saturated heterocycles. The molecule has 0 aromatic heterocycles. The number of hydrogen-bond donors (Lipinski definition) is 1. The quantitative estimate of drug-likeness (QED) is 0.606. The largest absolute Gasteiger partial charge is 0.330 e. The second-order valence-corrected chi connectivity index (χ2v) is 4.76. The van der Waals surface area contributed by atoms with Gasteiger partial charge in [-0.25, -0.2) is 0 Å². The molecule has 1 aliphatic carbocycles. The zero-order valence-electron chi connectivity index (χ0n) is 9.84. The second kappa shape index (κ2) is 6.41. The van der Waals surface area contributed by atoms with Crippen LogP contribution < -0.4 is 5.73 Å². The molecule has 0 aliphatic heterocycles. The van der Waals surface area contributed by atoms with E-state index in [0.29, 0.717) is 0 Å². The molecule has 0 aromatic carbocycles. The monoisotopic (exact) mass is 198 g/mol. The van der Waals surface area contributed by atoms with Crippen molar-refractivity contribution in [2.45, 2.75) is 51.5 Å². The maximum absolute atomic E-state index is 5.46. The van der Waals surface area contributed by atoms with Gasteiger partial charge in [0.05, 0.1) is 0 Å². The molecular weight excluding hydrogens is 172 g/mol.